The monoisotopic (exact) mass is 267 g/mol. The lowest BCUT2D eigenvalue weighted by atomic mass is 10.0. The van der Waals surface area contributed by atoms with Crippen LogP contribution in [0.3, 0.4) is 0 Å². The highest BCUT2D eigenvalue weighted by Crippen LogP contribution is 2.24. The van der Waals surface area contributed by atoms with Gasteiger partial charge in [0.1, 0.15) is 6.10 Å². The number of carbonyl (C=O) groups is 1. The van der Waals surface area contributed by atoms with E-state index in [0.29, 0.717) is 5.56 Å². The second-order valence-corrected chi connectivity index (χ2v) is 4.61. The average molecular weight is 267 g/mol. The molecular formula is C12H13NO4S. The molecule has 2 rings (SSSR count). The van der Waals surface area contributed by atoms with Crippen LogP contribution in [0.4, 0.5) is 0 Å². The number of esters is 1. The SMILES string of the molecule is CCOC(=O)C(O)C(O)c1ccc2scnc2c1. The highest BCUT2D eigenvalue weighted by atomic mass is 32.1. The van der Waals surface area contributed by atoms with Crippen LogP contribution in [0.25, 0.3) is 10.2 Å². The summed E-state index contributed by atoms with van der Waals surface area (Å²) in [6, 6.07) is 5.11. The lowest BCUT2D eigenvalue weighted by molar-refractivity contribution is -0.159. The summed E-state index contributed by atoms with van der Waals surface area (Å²) >= 11 is 1.48. The van der Waals surface area contributed by atoms with E-state index in [0.717, 1.165) is 10.2 Å². The van der Waals surface area contributed by atoms with E-state index in [9.17, 15) is 15.0 Å². The first-order valence-electron chi connectivity index (χ1n) is 5.49. The van der Waals surface area contributed by atoms with Crippen LogP contribution >= 0.6 is 11.3 Å². The van der Waals surface area contributed by atoms with Gasteiger partial charge in [0.05, 0.1) is 22.3 Å². The van der Waals surface area contributed by atoms with Crippen LogP contribution in [0.2, 0.25) is 0 Å². The molecule has 2 atom stereocenters. The number of benzene rings is 1. The molecule has 2 N–H and O–H groups in total. The van der Waals surface area contributed by atoms with Crippen LogP contribution in [0.5, 0.6) is 0 Å². The molecule has 1 aromatic carbocycles. The number of aliphatic hydroxyl groups is 2. The molecule has 1 heterocycles. The summed E-state index contributed by atoms with van der Waals surface area (Å²) in [6.07, 6.45) is -2.89. The summed E-state index contributed by atoms with van der Waals surface area (Å²) < 4.78 is 5.64. The maximum atomic E-state index is 11.3. The predicted molar refractivity (Wildman–Crippen MR) is 67.2 cm³/mol. The minimum atomic E-state index is -1.58. The fraction of sp³-hybridized carbons (Fsp3) is 0.333. The quantitative estimate of drug-likeness (QED) is 0.815. The van der Waals surface area contributed by atoms with Crippen molar-refractivity contribution in [1.82, 2.24) is 4.98 Å². The molecule has 0 bridgehead atoms. The molecule has 2 unspecified atom stereocenters. The minimum Gasteiger partial charge on any atom is -0.464 e. The molecule has 0 radical (unpaired) electrons. The van der Waals surface area contributed by atoms with Gasteiger partial charge in [-0.05, 0) is 24.6 Å². The molecule has 6 heteroatoms. The largest absolute Gasteiger partial charge is 0.464 e. The predicted octanol–water partition coefficient (Wildman–Crippen LogP) is 1.25. The standard InChI is InChI=1S/C12H13NO4S/c1-2-17-12(16)11(15)10(14)7-3-4-9-8(5-7)13-6-18-9/h3-6,10-11,14-15H,2H2,1H3. The topological polar surface area (TPSA) is 79.7 Å². The zero-order chi connectivity index (χ0) is 13.1. The fourth-order valence-electron chi connectivity index (χ4n) is 1.60. The number of hydrogen-bond donors (Lipinski definition) is 2. The summed E-state index contributed by atoms with van der Waals surface area (Å²) in [7, 11) is 0. The zero-order valence-corrected chi connectivity index (χ0v) is 10.6. The number of ether oxygens (including phenoxy) is 1. The first kappa shape index (κ1) is 12.9. The Labute approximate surface area is 108 Å². The Bertz CT molecular complexity index is 554. The Hall–Kier alpha value is -1.50. The number of thiazole rings is 1. The van der Waals surface area contributed by atoms with Gasteiger partial charge in [0.25, 0.3) is 0 Å². The van der Waals surface area contributed by atoms with Crippen molar-refractivity contribution >= 4 is 27.5 Å². The Morgan fingerprint density at radius 3 is 3.00 bits per heavy atom. The van der Waals surface area contributed by atoms with Crippen molar-refractivity contribution in [3.63, 3.8) is 0 Å². The van der Waals surface area contributed by atoms with E-state index in [2.05, 4.69) is 9.72 Å². The van der Waals surface area contributed by atoms with Crippen molar-refractivity contribution in [2.45, 2.75) is 19.1 Å². The van der Waals surface area contributed by atoms with Crippen molar-refractivity contribution in [3.05, 3.63) is 29.3 Å². The van der Waals surface area contributed by atoms with Gasteiger partial charge in [0.15, 0.2) is 6.10 Å². The van der Waals surface area contributed by atoms with E-state index in [1.807, 2.05) is 0 Å². The number of nitrogens with zero attached hydrogens (tertiary/aromatic N) is 1. The first-order chi connectivity index (χ1) is 8.63. The Balaban J connectivity index is 2.21. The van der Waals surface area contributed by atoms with Gasteiger partial charge in [-0.25, -0.2) is 9.78 Å². The third-order valence-electron chi connectivity index (χ3n) is 2.52. The molecule has 0 saturated carbocycles. The van der Waals surface area contributed by atoms with E-state index in [1.54, 1.807) is 30.6 Å². The number of aromatic nitrogens is 1. The third-order valence-corrected chi connectivity index (χ3v) is 3.33. The van der Waals surface area contributed by atoms with Crippen LogP contribution in [0.1, 0.15) is 18.6 Å². The van der Waals surface area contributed by atoms with Gasteiger partial charge < -0.3 is 14.9 Å². The molecular weight excluding hydrogens is 254 g/mol. The average Bonchev–Trinajstić information content (AvgIpc) is 2.84. The summed E-state index contributed by atoms with van der Waals surface area (Å²) in [5.74, 6) is -0.830. The van der Waals surface area contributed by atoms with Crippen LogP contribution in [-0.2, 0) is 9.53 Å². The van der Waals surface area contributed by atoms with Crippen LogP contribution in [0.15, 0.2) is 23.7 Å². The molecule has 0 aliphatic carbocycles. The van der Waals surface area contributed by atoms with E-state index in [-0.39, 0.29) is 6.61 Å². The Morgan fingerprint density at radius 2 is 2.28 bits per heavy atom. The Morgan fingerprint density at radius 1 is 1.50 bits per heavy atom. The molecule has 18 heavy (non-hydrogen) atoms. The second-order valence-electron chi connectivity index (χ2n) is 3.72. The molecule has 1 aromatic heterocycles. The number of hydrogen-bond acceptors (Lipinski definition) is 6. The number of rotatable bonds is 4. The summed E-state index contributed by atoms with van der Waals surface area (Å²) in [4.78, 5) is 15.4. The van der Waals surface area contributed by atoms with Gasteiger partial charge in [-0.2, -0.15) is 0 Å². The highest BCUT2D eigenvalue weighted by molar-refractivity contribution is 7.16. The lowest BCUT2D eigenvalue weighted by Gasteiger charge is -2.16. The molecule has 0 aliphatic rings. The molecule has 0 aliphatic heterocycles. The van der Waals surface area contributed by atoms with Gasteiger partial charge in [-0.15, -0.1) is 11.3 Å². The van der Waals surface area contributed by atoms with Gasteiger partial charge in [0, 0.05) is 0 Å². The van der Waals surface area contributed by atoms with Crippen molar-refractivity contribution in [2.75, 3.05) is 6.61 Å². The zero-order valence-electron chi connectivity index (χ0n) is 9.74. The second kappa shape index (κ2) is 5.43. The van der Waals surface area contributed by atoms with Gasteiger partial charge in [-0.3, -0.25) is 0 Å². The Kier molecular flexibility index (Phi) is 3.90. The van der Waals surface area contributed by atoms with E-state index >= 15 is 0 Å². The van der Waals surface area contributed by atoms with Crippen LogP contribution in [0, 0.1) is 0 Å². The number of fused-ring (bicyclic) bond motifs is 1. The molecule has 96 valence electrons. The maximum Gasteiger partial charge on any atom is 0.338 e. The molecule has 0 fully saturated rings. The van der Waals surface area contributed by atoms with E-state index in [1.165, 1.54) is 11.3 Å². The minimum absolute atomic E-state index is 0.160. The van der Waals surface area contributed by atoms with Crippen molar-refractivity contribution in [1.29, 1.82) is 0 Å². The van der Waals surface area contributed by atoms with Crippen molar-refractivity contribution < 1.29 is 19.7 Å². The lowest BCUT2D eigenvalue weighted by Crippen LogP contribution is -2.29. The van der Waals surface area contributed by atoms with E-state index in [4.69, 9.17) is 0 Å². The molecule has 0 saturated heterocycles. The highest BCUT2D eigenvalue weighted by Gasteiger charge is 2.27. The summed E-state index contributed by atoms with van der Waals surface area (Å²) in [5, 5.41) is 19.6. The molecule has 0 amide bonds. The smallest absolute Gasteiger partial charge is 0.338 e. The fourth-order valence-corrected chi connectivity index (χ4v) is 2.26. The van der Waals surface area contributed by atoms with Gasteiger partial charge in [0.2, 0.25) is 0 Å². The number of aliphatic hydroxyl groups excluding tert-OH is 2. The third kappa shape index (κ3) is 2.50. The normalized spacial score (nSPS) is 14.4. The molecule has 5 nitrogen and oxygen atoms in total. The van der Waals surface area contributed by atoms with Crippen molar-refractivity contribution in [3.8, 4) is 0 Å². The van der Waals surface area contributed by atoms with Gasteiger partial charge in [-0.1, -0.05) is 6.07 Å². The van der Waals surface area contributed by atoms with Crippen LogP contribution in [-0.4, -0.2) is 33.9 Å². The maximum absolute atomic E-state index is 11.3. The summed E-state index contributed by atoms with van der Waals surface area (Å²) in [5.41, 5.74) is 2.87. The van der Waals surface area contributed by atoms with E-state index < -0.39 is 18.2 Å². The first-order valence-corrected chi connectivity index (χ1v) is 6.37. The van der Waals surface area contributed by atoms with Crippen LogP contribution < -0.4 is 0 Å². The summed E-state index contributed by atoms with van der Waals surface area (Å²) in [6.45, 7) is 1.80. The molecule has 0 spiro atoms. The number of carbonyl (C=O) groups excluding carboxylic acids is 1. The van der Waals surface area contributed by atoms with Crippen molar-refractivity contribution in [2.24, 2.45) is 0 Å². The molecule has 2 aromatic rings. The van der Waals surface area contributed by atoms with Gasteiger partial charge >= 0.3 is 5.97 Å².